The van der Waals surface area contributed by atoms with Gasteiger partial charge >= 0.3 is 6.03 Å². The molecule has 4 aromatic rings. The molecular formula is C29H30FIN6O4. The van der Waals surface area contributed by atoms with Crippen LogP contribution < -0.4 is 20.7 Å². The van der Waals surface area contributed by atoms with E-state index in [2.05, 4.69) is 50.4 Å². The normalized spacial score (nSPS) is 11.5. The van der Waals surface area contributed by atoms with Gasteiger partial charge in [0.05, 0.1) is 21.0 Å². The maximum absolute atomic E-state index is 14.9. The number of carbonyl (C=O) groups excluding carboxylic acids is 2. The van der Waals surface area contributed by atoms with Crippen molar-refractivity contribution in [3.63, 3.8) is 0 Å². The Kier molecular flexibility index (Phi) is 10.2. The number of urea groups is 1. The number of nitrogens with one attached hydrogen (secondary N) is 3. The third kappa shape index (κ3) is 8.24. The molecule has 0 radical (unpaired) electrons. The van der Waals surface area contributed by atoms with Crippen LogP contribution in [0.25, 0.3) is 5.69 Å². The van der Waals surface area contributed by atoms with Crippen LogP contribution in [0.15, 0.2) is 66.9 Å². The highest BCUT2D eigenvalue weighted by Crippen LogP contribution is 2.31. The molecule has 12 heteroatoms. The van der Waals surface area contributed by atoms with E-state index >= 15 is 0 Å². The molecule has 0 aliphatic rings. The van der Waals surface area contributed by atoms with Gasteiger partial charge in [-0.2, -0.15) is 5.10 Å². The minimum atomic E-state index is -0.691. The zero-order valence-corrected chi connectivity index (χ0v) is 24.9. The number of ether oxygens (including phenoxy) is 2. The van der Waals surface area contributed by atoms with E-state index in [0.717, 1.165) is 35.9 Å². The van der Waals surface area contributed by atoms with Crippen LogP contribution in [-0.2, 0) is 9.53 Å². The molecule has 4 rings (SSSR count). The smallest absolute Gasteiger partial charge is 0.324 e. The number of hydrogen-bond donors (Lipinski definition) is 3. The molecule has 1 atom stereocenters. The Bertz CT molecular complexity index is 1510. The Balaban J connectivity index is 1.46. The average Bonchev–Trinajstić information content (AvgIpc) is 3.35. The van der Waals surface area contributed by atoms with Crippen molar-refractivity contribution < 1.29 is 23.5 Å². The monoisotopic (exact) mass is 672 g/mol. The Hall–Kier alpha value is -4.04. The van der Waals surface area contributed by atoms with Crippen molar-refractivity contribution in [3.8, 4) is 17.2 Å². The van der Waals surface area contributed by atoms with Gasteiger partial charge in [0.15, 0.2) is 0 Å². The molecule has 0 aliphatic carbocycles. The van der Waals surface area contributed by atoms with Crippen LogP contribution in [0.4, 0.5) is 26.5 Å². The van der Waals surface area contributed by atoms with E-state index in [1.807, 2.05) is 37.3 Å². The van der Waals surface area contributed by atoms with E-state index in [1.54, 1.807) is 10.7 Å². The van der Waals surface area contributed by atoms with Crippen LogP contribution in [-0.4, -0.2) is 40.4 Å². The molecule has 2 heterocycles. The highest BCUT2D eigenvalue weighted by Gasteiger charge is 2.18. The van der Waals surface area contributed by atoms with E-state index < -0.39 is 11.8 Å². The standard InChI is InChI=1S/C29H30FIN6O4/c1-4-5-23(31)25-16-27(37(36-25)19-8-6-18(2)7-9-19)35-29(39)33-24-11-10-20(14-22(24)30)41-21-12-13-32-26(15-21)34-28(38)17-40-3/h6-16,23H,4-5,17H2,1-3H3,(H,32,34,38)(H2,33,35,39). The third-order valence-corrected chi connectivity index (χ3v) is 7.07. The van der Waals surface area contributed by atoms with Crippen LogP contribution in [0.1, 0.15) is 34.9 Å². The first-order valence-corrected chi connectivity index (χ1v) is 14.1. The summed E-state index contributed by atoms with van der Waals surface area (Å²) in [5, 5.41) is 12.7. The Morgan fingerprint density at radius 1 is 1.02 bits per heavy atom. The number of halogens is 2. The summed E-state index contributed by atoms with van der Waals surface area (Å²) in [5.41, 5.74) is 2.71. The van der Waals surface area contributed by atoms with Crippen molar-refractivity contribution in [2.75, 3.05) is 29.7 Å². The summed E-state index contributed by atoms with van der Waals surface area (Å²) in [6.45, 7) is 3.99. The molecule has 2 aromatic heterocycles. The number of alkyl halides is 1. The second kappa shape index (κ2) is 14.0. The number of aryl methyl sites for hydroxylation is 1. The van der Waals surface area contributed by atoms with Gasteiger partial charge in [0.2, 0.25) is 0 Å². The van der Waals surface area contributed by atoms with Gasteiger partial charge in [-0.25, -0.2) is 18.9 Å². The van der Waals surface area contributed by atoms with Crippen LogP contribution in [0.3, 0.4) is 0 Å². The minimum absolute atomic E-state index is 0.0310. The van der Waals surface area contributed by atoms with Crippen LogP contribution in [0.5, 0.6) is 11.5 Å². The quantitative estimate of drug-likeness (QED) is 0.117. The number of pyridine rings is 1. The summed E-state index contributed by atoms with van der Waals surface area (Å²) in [7, 11) is 1.41. The lowest BCUT2D eigenvalue weighted by atomic mass is 10.2. The molecule has 0 saturated heterocycles. The molecule has 0 fully saturated rings. The lowest BCUT2D eigenvalue weighted by molar-refractivity contribution is -0.119. The highest BCUT2D eigenvalue weighted by molar-refractivity contribution is 14.1. The molecule has 0 bridgehead atoms. The van der Waals surface area contributed by atoms with Crippen molar-refractivity contribution >= 4 is 51.9 Å². The first-order chi connectivity index (χ1) is 19.7. The molecule has 10 nitrogen and oxygen atoms in total. The Labute approximate surface area is 250 Å². The zero-order chi connectivity index (χ0) is 29.4. The Morgan fingerprint density at radius 3 is 2.49 bits per heavy atom. The van der Waals surface area contributed by atoms with Gasteiger partial charge in [0.1, 0.15) is 35.6 Å². The number of benzene rings is 2. The summed E-state index contributed by atoms with van der Waals surface area (Å²) in [6, 6.07) is 16.1. The van der Waals surface area contributed by atoms with Crippen molar-refractivity contribution in [2.45, 2.75) is 30.6 Å². The van der Waals surface area contributed by atoms with E-state index in [4.69, 9.17) is 14.6 Å². The number of carbonyl (C=O) groups is 2. The molecule has 0 aliphatic heterocycles. The summed E-state index contributed by atoms with van der Waals surface area (Å²) in [6.07, 6.45) is 3.39. The van der Waals surface area contributed by atoms with Gasteiger partial charge < -0.3 is 20.1 Å². The summed E-state index contributed by atoms with van der Waals surface area (Å²) in [5.74, 6) is 0.193. The van der Waals surface area contributed by atoms with Gasteiger partial charge in [-0.3, -0.25) is 10.1 Å². The van der Waals surface area contributed by atoms with E-state index in [9.17, 15) is 14.0 Å². The molecule has 0 saturated carbocycles. The molecule has 3 amide bonds. The van der Waals surface area contributed by atoms with Crippen molar-refractivity contribution in [2.24, 2.45) is 0 Å². The maximum Gasteiger partial charge on any atom is 0.324 e. The zero-order valence-electron chi connectivity index (χ0n) is 22.8. The predicted molar refractivity (Wildman–Crippen MR) is 164 cm³/mol. The maximum atomic E-state index is 14.9. The number of amides is 3. The number of anilines is 3. The van der Waals surface area contributed by atoms with E-state index in [0.29, 0.717) is 11.6 Å². The predicted octanol–water partition coefficient (Wildman–Crippen LogP) is 7.01. The number of rotatable bonds is 11. The SMILES string of the molecule is CCCC(I)c1cc(NC(=O)Nc2ccc(Oc3ccnc(NC(=O)COC)c3)cc2F)n(-c2ccc(C)cc2)n1. The van der Waals surface area contributed by atoms with Gasteiger partial charge in [0, 0.05) is 31.5 Å². The number of hydrogen-bond acceptors (Lipinski definition) is 6. The third-order valence-electron chi connectivity index (χ3n) is 5.81. The second-order valence-electron chi connectivity index (χ2n) is 9.14. The fourth-order valence-corrected chi connectivity index (χ4v) is 4.77. The van der Waals surface area contributed by atoms with Crippen molar-refractivity contribution in [3.05, 3.63) is 83.9 Å². The van der Waals surface area contributed by atoms with Crippen LogP contribution in [0, 0.1) is 12.7 Å². The molecule has 214 valence electrons. The molecule has 41 heavy (non-hydrogen) atoms. The largest absolute Gasteiger partial charge is 0.457 e. The first kappa shape index (κ1) is 29.9. The molecule has 2 aromatic carbocycles. The number of methoxy groups -OCH3 is 1. The van der Waals surface area contributed by atoms with Crippen LogP contribution in [0.2, 0.25) is 0 Å². The minimum Gasteiger partial charge on any atom is -0.457 e. The summed E-state index contributed by atoms with van der Waals surface area (Å²) >= 11 is 2.35. The van der Waals surface area contributed by atoms with Gasteiger partial charge in [-0.1, -0.05) is 53.6 Å². The summed E-state index contributed by atoms with van der Waals surface area (Å²) in [4.78, 5) is 28.7. The average molecular weight is 672 g/mol. The van der Waals surface area contributed by atoms with E-state index in [1.165, 1.54) is 31.5 Å². The fraction of sp³-hybridized carbons (Fsp3) is 0.241. The van der Waals surface area contributed by atoms with Gasteiger partial charge in [0.25, 0.3) is 5.91 Å². The second-order valence-corrected chi connectivity index (χ2v) is 10.6. The van der Waals surface area contributed by atoms with Gasteiger partial charge in [-0.05, 0) is 43.7 Å². The highest BCUT2D eigenvalue weighted by atomic mass is 127. The molecule has 3 N–H and O–H groups in total. The van der Waals surface area contributed by atoms with Gasteiger partial charge in [-0.15, -0.1) is 0 Å². The fourth-order valence-electron chi connectivity index (χ4n) is 3.85. The lowest BCUT2D eigenvalue weighted by Gasteiger charge is -2.12. The van der Waals surface area contributed by atoms with Crippen molar-refractivity contribution in [1.29, 1.82) is 0 Å². The lowest BCUT2D eigenvalue weighted by Crippen LogP contribution is -2.22. The van der Waals surface area contributed by atoms with E-state index in [-0.39, 0.29) is 33.7 Å². The van der Waals surface area contributed by atoms with Crippen LogP contribution >= 0.6 is 22.6 Å². The summed E-state index contributed by atoms with van der Waals surface area (Å²) < 4.78 is 27.3. The first-order valence-electron chi connectivity index (χ1n) is 12.9. The molecular weight excluding hydrogens is 642 g/mol. The molecule has 1 unspecified atom stereocenters. The topological polar surface area (TPSA) is 119 Å². The molecule has 0 spiro atoms. The van der Waals surface area contributed by atoms with Crippen molar-refractivity contribution in [1.82, 2.24) is 14.8 Å². The number of aromatic nitrogens is 3. The Morgan fingerprint density at radius 2 is 1.78 bits per heavy atom. The number of nitrogens with zero attached hydrogens (tertiary/aromatic N) is 3.